The number of methoxy groups -OCH3 is 1. The Morgan fingerprint density at radius 3 is 2.58 bits per heavy atom. The maximum absolute atomic E-state index is 12.9. The lowest BCUT2D eigenvalue weighted by molar-refractivity contribution is -0.140. The highest BCUT2D eigenvalue weighted by Crippen LogP contribution is 2.31. The molecule has 0 saturated carbocycles. The van der Waals surface area contributed by atoms with Crippen molar-refractivity contribution in [2.45, 2.75) is 26.3 Å². The van der Waals surface area contributed by atoms with Gasteiger partial charge in [-0.1, -0.05) is 36.4 Å². The summed E-state index contributed by atoms with van der Waals surface area (Å²) in [7, 11) is 1.60. The highest BCUT2D eigenvalue weighted by atomic mass is 16.5. The van der Waals surface area contributed by atoms with Crippen LogP contribution < -0.4 is 9.64 Å². The van der Waals surface area contributed by atoms with E-state index < -0.39 is 6.04 Å². The third-order valence-corrected chi connectivity index (χ3v) is 4.80. The molecular formula is C21H24N2O3. The number of nitrogens with zero attached hydrogens (tertiary/aromatic N) is 2. The molecule has 5 heteroatoms. The van der Waals surface area contributed by atoms with Crippen LogP contribution in [0.5, 0.6) is 5.75 Å². The molecule has 1 atom stereocenters. The Morgan fingerprint density at radius 2 is 1.88 bits per heavy atom. The first-order valence-corrected chi connectivity index (χ1v) is 8.80. The predicted octanol–water partition coefficient (Wildman–Crippen LogP) is 2.81. The van der Waals surface area contributed by atoms with Crippen LogP contribution in [0.25, 0.3) is 0 Å². The van der Waals surface area contributed by atoms with E-state index in [1.165, 1.54) is 0 Å². The standard InChI is InChI=1S/C21H24N2O3/c1-15-9-10-19(26-3)18(13-15)23-12-11-22(16(2)21(23)25)20(24)14-17-7-5-4-6-8-17/h4-10,13,16H,11-12,14H2,1-3H3. The van der Waals surface area contributed by atoms with Crippen LogP contribution in [0, 0.1) is 6.92 Å². The van der Waals surface area contributed by atoms with Crippen LogP contribution in [0.2, 0.25) is 0 Å². The highest BCUT2D eigenvalue weighted by molar-refractivity contribution is 6.01. The van der Waals surface area contributed by atoms with Gasteiger partial charge >= 0.3 is 0 Å². The zero-order valence-electron chi connectivity index (χ0n) is 15.4. The van der Waals surface area contributed by atoms with E-state index in [9.17, 15) is 9.59 Å². The summed E-state index contributed by atoms with van der Waals surface area (Å²) >= 11 is 0. The fraction of sp³-hybridized carbons (Fsp3) is 0.333. The van der Waals surface area contributed by atoms with Crippen molar-refractivity contribution >= 4 is 17.5 Å². The fourth-order valence-electron chi connectivity index (χ4n) is 3.33. The Bertz CT molecular complexity index is 804. The van der Waals surface area contributed by atoms with Crippen LogP contribution in [0.15, 0.2) is 48.5 Å². The zero-order chi connectivity index (χ0) is 18.7. The molecule has 0 aromatic heterocycles. The fourth-order valence-corrected chi connectivity index (χ4v) is 3.33. The van der Waals surface area contributed by atoms with Gasteiger partial charge in [0.05, 0.1) is 19.2 Å². The van der Waals surface area contributed by atoms with Gasteiger partial charge in [-0.3, -0.25) is 9.59 Å². The number of piperazine rings is 1. The quantitative estimate of drug-likeness (QED) is 0.850. The van der Waals surface area contributed by atoms with Crippen LogP contribution in [-0.4, -0.2) is 43.0 Å². The molecule has 5 nitrogen and oxygen atoms in total. The van der Waals surface area contributed by atoms with Crippen LogP contribution in [-0.2, 0) is 16.0 Å². The van der Waals surface area contributed by atoms with E-state index in [-0.39, 0.29) is 11.8 Å². The largest absolute Gasteiger partial charge is 0.495 e. The number of benzene rings is 2. The molecule has 1 unspecified atom stereocenters. The summed E-state index contributed by atoms with van der Waals surface area (Å²) in [6.45, 7) is 4.75. The average molecular weight is 352 g/mol. The van der Waals surface area contributed by atoms with E-state index in [1.807, 2.05) is 55.5 Å². The molecule has 26 heavy (non-hydrogen) atoms. The van der Waals surface area contributed by atoms with Gasteiger partial charge in [-0.15, -0.1) is 0 Å². The van der Waals surface area contributed by atoms with E-state index >= 15 is 0 Å². The maximum Gasteiger partial charge on any atom is 0.249 e. The van der Waals surface area contributed by atoms with E-state index in [1.54, 1.807) is 23.8 Å². The second kappa shape index (κ2) is 7.60. The summed E-state index contributed by atoms with van der Waals surface area (Å²) in [5.41, 5.74) is 2.78. The Hall–Kier alpha value is -2.82. The molecule has 136 valence electrons. The summed E-state index contributed by atoms with van der Waals surface area (Å²) in [4.78, 5) is 29.0. The summed E-state index contributed by atoms with van der Waals surface area (Å²) in [5.74, 6) is 0.565. The number of carbonyl (C=O) groups is 2. The molecule has 1 fully saturated rings. The number of rotatable bonds is 4. The second-order valence-corrected chi connectivity index (χ2v) is 6.59. The number of anilines is 1. The van der Waals surface area contributed by atoms with Gasteiger partial charge in [-0.2, -0.15) is 0 Å². The SMILES string of the molecule is COc1ccc(C)cc1N1CCN(C(=O)Cc2ccccc2)C(C)C1=O. The van der Waals surface area contributed by atoms with Crippen molar-refractivity contribution < 1.29 is 14.3 Å². The minimum atomic E-state index is -0.495. The number of hydrogen-bond acceptors (Lipinski definition) is 3. The smallest absolute Gasteiger partial charge is 0.249 e. The molecule has 0 spiro atoms. The Kier molecular flexibility index (Phi) is 5.26. The van der Waals surface area contributed by atoms with Crippen LogP contribution in [0.3, 0.4) is 0 Å². The van der Waals surface area contributed by atoms with E-state index in [0.717, 1.165) is 16.8 Å². The Labute approximate surface area is 154 Å². The van der Waals surface area contributed by atoms with Gasteiger partial charge < -0.3 is 14.5 Å². The van der Waals surface area contributed by atoms with Gasteiger partial charge in [0.2, 0.25) is 11.8 Å². The summed E-state index contributed by atoms with van der Waals surface area (Å²) in [6, 6.07) is 14.9. The third-order valence-electron chi connectivity index (χ3n) is 4.80. The van der Waals surface area contributed by atoms with Gasteiger partial charge in [0.25, 0.3) is 0 Å². The number of ether oxygens (including phenoxy) is 1. The molecule has 0 bridgehead atoms. The number of carbonyl (C=O) groups excluding carboxylic acids is 2. The minimum Gasteiger partial charge on any atom is -0.495 e. The molecule has 1 aliphatic rings. The lowest BCUT2D eigenvalue weighted by atomic mass is 10.1. The Balaban J connectivity index is 1.77. The van der Waals surface area contributed by atoms with E-state index in [2.05, 4.69) is 0 Å². The second-order valence-electron chi connectivity index (χ2n) is 6.59. The van der Waals surface area contributed by atoms with E-state index in [0.29, 0.717) is 25.3 Å². The predicted molar refractivity (Wildman–Crippen MR) is 101 cm³/mol. The van der Waals surface area contributed by atoms with Crippen molar-refractivity contribution in [3.63, 3.8) is 0 Å². The molecular weight excluding hydrogens is 328 g/mol. The van der Waals surface area contributed by atoms with Crippen molar-refractivity contribution in [2.24, 2.45) is 0 Å². The molecule has 0 aliphatic carbocycles. The number of hydrogen-bond donors (Lipinski definition) is 0. The normalized spacial score (nSPS) is 17.3. The first-order chi connectivity index (χ1) is 12.5. The van der Waals surface area contributed by atoms with Gasteiger partial charge in [-0.25, -0.2) is 0 Å². The molecule has 2 aromatic carbocycles. The molecule has 2 aromatic rings. The summed E-state index contributed by atoms with van der Waals surface area (Å²) in [5, 5.41) is 0. The van der Waals surface area contributed by atoms with Crippen molar-refractivity contribution in [1.82, 2.24) is 4.90 Å². The van der Waals surface area contributed by atoms with Crippen molar-refractivity contribution in [3.8, 4) is 5.75 Å². The van der Waals surface area contributed by atoms with Crippen LogP contribution in [0.4, 0.5) is 5.69 Å². The van der Waals surface area contributed by atoms with Crippen LogP contribution in [0.1, 0.15) is 18.1 Å². The van der Waals surface area contributed by atoms with E-state index in [4.69, 9.17) is 4.74 Å². The molecule has 2 amide bonds. The lowest BCUT2D eigenvalue weighted by Gasteiger charge is -2.39. The average Bonchev–Trinajstić information content (AvgIpc) is 2.64. The molecule has 0 N–H and O–H groups in total. The Morgan fingerprint density at radius 1 is 1.15 bits per heavy atom. The minimum absolute atomic E-state index is 0.0205. The summed E-state index contributed by atoms with van der Waals surface area (Å²) in [6.07, 6.45) is 0.312. The number of amides is 2. The van der Waals surface area contributed by atoms with Gasteiger partial charge in [0.15, 0.2) is 0 Å². The molecule has 3 rings (SSSR count). The number of aryl methyl sites for hydroxylation is 1. The van der Waals surface area contributed by atoms with Gasteiger partial charge in [0, 0.05) is 13.1 Å². The topological polar surface area (TPSA) is 49.9 Å². The summed E-state index contributed by atoms with van der Waals surface area (Å²) < 4.78 is 5.42. The van der Waals surface area contributed by atoms with Crippen molar-refractivity contribution in [2.75, 3.05) is 25.1 Å². The zero-order valence-corrected chi connectivity index (χ0v) is 15.4. The van der Waals surface area contributed by atoms with Gasteiger partial charge in [0.1, 0.15) is 11.8 Å². The lowest BCUT2D eigenvalue weighted by Crippen LogP contribution is -2.58. The monoisotopic (exact) mass is 352 g/mol. The molecule has 1 aliphatic heterocycles. The molecule has 0 radical (unpaired) electrons. The van der Waals surface area contributed by atoms with Crippen LogP contribution >= 0.6 is 0 Å². The first-order valence-electron chi connectivity index (χ1n) is 8.80. The third kappa shape index (κ3) is 3.57. The highest BCUT2D eigenvalue weighted by Gasteiger charge is 2.35. The maximum atomic E-state index is 12.9. The van der Waals surface area contributed by atoms with Crippen molar-refractivity contribution in [3.05, 3.63) is 59.7 Å². The van der Waals surface area contributed by atoms with Gasteiger partial charge in [-0.05, 0) is 37.1 Å². The molecule has 1 saturated heterocycles. The van der Waals surface area contributed by atoms with Crippen molar-refractivity contribution in [1.29, 1.82) is 0 Å². The molecule has 1 heterocycles. The first kappa shape index (κ1) is 18.0.